The summed E-state index contributed by atoms with van der Waals surface area (Å²) in [5.41, 5.74) is 0. The number of nitrogens with one attached hydrogen (secondary N) is 2. The zero-order valence-electron chi connectivity index (χ0n) is 10.3. The van der Waals surface area contributed by atoms with E-state index < -0.39 is 10.0 Å². The van der Waals surface area contributed by atoms with E-state index in [-0.39, 0.29) is 10.9 Å². The van der Waals surface area contributed by atoms with Crippen molar-refractivity contribution in [3.8, 4) is 0 Å². The van der Waals surface area contributed by atoms with E-state index in [0.717, 1.165) is 25.8 Å². The molecule has 0 radical (unpaired) electrons. The summed E-state index contributed by atoms with van der Waals surface area (Å²) in [7, 11) is -3.56. The van der Waals surface area contributed by atoms with Crippen LogP contribution in [0.2, 0.25) is 10.0 Å². The van der Waals surface area contributed by atoms with E-state index in [4.69, 9.17) is 23.2 Å². The van der Waals surface area contributed by atoms with Crippen molar-refractivity contribution in [1.29, 1.82) is 0 Å². The third-order valence-corrected chi connectivity index (χ3v) is 4.92. The molecule has 0 aliphatic carbocycles. The predicted octanol–water partition coefficient (Wildman–Crippen LogP) is 2.41. The Morgan fingerprint density at radius 2 is 1.89 bits per heavy atom. The van der Waals surface area contributed by atoms with Crippen LogP contribution in [0.1, 0.15) is 19.3 Å². The topological polar surface area (TPSA) is 58.2 Å². The fourth-order valence-corrected chi connectivity index (χ4v) is 3.88. The Balaban J connectivity index is 2.04. The molecule has 0 amide bonds. The second-order valence-electron chi connectivity index (χ2n) is 4.60. The average Bonchev–Trinajstić information content (AvgIpc) is 2.37. The molecule has 1 aromatic rings. The van der Waals surface area contributed by atoms with Crippen molar-refractivity contribution < 1.29 is 8.42 Å². The van der Waals surface area contributed by atoms with Gasteiger partial charge in [0, 0.05) is 22.6 Å². The lowest BCUT2D eigenvalue weighted by molar-refractivity contribution is 0.398. The van der Waals surface area contributed by atoms with Crippen molar-refractivity contribution in [2.45, 2.75) is 30.2 Å². The highest BCUT2D eigenvalue weighted by atomic mass is 35.5. The second kappa shape index (κ2) is 6.41. The SMILES string of the molecule is O=S(=O)(NCC1CCCCN1)c1cc(Cl)cc(Cl)c1. The molecule has 2 rings (SSSR count). The van der Waals surface area contributed by atoms with Gasteiger partial charge in [0.2, 0.25) is 10.0 Å². The molecule has 0 bridgehead atoms. The average molecular weight is 323 g/mol. The number of sulfonamides is 1. The van der Waals surface area contributed by atoms with Crippen molar-refractivity contribution in [3.05, 3.63) is 28.2 Å². The Bertz CT molecular complexity index is 522. The fraction of sp³-hybridized carbons (Fsp3) is 0.500. The maximum atomic E-state index is 12.1. The molecule has 4 nitrogen and oxygen atoms in total. The first kappa shape index (κ1) is 15.1. The molecule has 1 aliphatic heterocycles. The molecule has 1 aromatic carbocycles. The van der Waals surface area contributed by atoms with Gasteiger partial charge in [0.25, 0.3) is 0 Å². The number of rotatable bonds is 4. The lowest BCUT2D eigenvalue weighted by Crippen LogP contribution is -2.43. The highest BCUT2D eigenvalue weighted by Gasteiger charge is 2.19. The van der Waals surface area contributed by atoms with E-state index in [2.05, 4.69) is 10.0 Å². The molecule has 1 aliphatic rings. The molecule has 2 N–H and O–H groups in total. The van der Waals surface area contributed by atoms with E-state index in [1.165, 1.54) is 18.2 Å². The van der Waals surface area contributed by atoms with E-state index >= 15 is 0 Å². The van der Waals surface area contributed by atoms with Crippen molar-refractivity contribution in [2.24, 2.45) is 0 Å². The smallest absolute Gasteiger partial charge is 0.240 e. The molecule has 106 valence electrons. The van der Waals surface area contributed by atoms with Crippen LogP contribution in [0.15, 0.2) is 23.1 Å². The van der Waals surface area contributed by atoms with Crippen molar-refractivity contribution >= 4 is 33.2 Å². The molecule has 1 heterocycles. The quantitative estimate of drug-likeness (QED) is 0.895. The Morgan fingerprint density at radius 3 is 2.47 bits per heavy atom. The molecule has 19 heavy (non-hydrogen) atoms. The van der Waals surface area contributed by atoms with Crippen LogP contribution < -0.4 is 10.0 Å². The maximum absolute atomic E-state index is 12.1. The van der Waals surface area contributed by atoms with Gasteiger partial charge in [0.1, 0.15) is 0 Å². The van der Waals surface area contributed by atoms with Crippen LogP contribution in [0.25, 0.3) is 0 Å². The highest BCUT2D eigenvalue weighted by molar-refractivity contribution is 7.89. The third kappa shape index (κ3) is 4.33. The molecule has 0 aromatic heterocycles. The Kier molecular flexibility index (Phi) is 5.09. The highest BCUT2D eigenvalue weighted by Crippen LogP contribution is 2.22. The number of benzene rings is 1. The first-order chi connectivity index (χ1) is 8.97. The Morgan fingerprint density at radius 1 is 1.21 bits per heavy atom. The van der Waals surface area contributed by atoms with Gasteiger partial charge in [-0.3, -0.25) is 0 Å². The summed E-state index contributed by atoms with van der Waals surface area (Å²) in [6, 6.07) is 4.48. The van der Waals surface area contributed by atoms with Crippen molar-refractivity contribution in [2.75, 3.05) is 13.1 Å². The van der Waals surface area contributed by atoms with E-state index in [1.54, 1.807) is 0 Å². The van der Waals surface area contributed by atoms with Gasteiger partial charge in [-0.25, -0.2) is 13.1 Å². The van der Waals surface area contributed by atoms with Crippen molar-refractivity contribution in [3.63, 3.8) is 0 Å². The van der Waals surface area contributed by atoms with Gasteiger partial charge in [-0.1, -0.05) is 29.6 Å². The van der Waals surface area contributed by atoms with Crippen LogP contribution >= 0.6 is 23.2 Å². The monoisotopic (exact) mass is 322 g/mol. The summed E-state index contributed by atoms with van der Waals surface area (Å²) in [4.78, 5) is 0.0980. The molecule has 0 saturated carbocycles. The summed E-state index contributed by atoms with van der Waals surface area (Å²) in [5.74, 6) is 0. The van der Waals surface area contributed by atoms with E-state index in [9.17, 15) is 8.42 Å². The number of hydrogen-bond donors (Lipinski definition) is 2. The number of piperidine rings is 1. The first-order valence-electron chi connectivity index (χ1n) is 6.16. The minimum Gasteiger partial charge on any atom is -0.313 e. The van der Waals surface area contributed by atoms with Crippen molar-refractivity contribution in [1.82, 2.24) is 10.0 Å². The minimum absolute atomic E-state index is 0.0980. The van der Waals surface area contributed by atoms with Gasteiger partial charge in [-0.2, -0.15) is 0 Å². The van der Waals surface area contributed by atoms with Crippen LogP contribution in [-0.2, 0) is 10.0 Å². The van der Waals surface area contributed by atoms with Gasteiger partial charge in [0.05, 0.1) is 4.90 Å². The summed E-state index contributed by atoms with van der Waals surface area (Å²) in [5, 5.41) is 3.90. The zero-order valence-corrected chi connectivity index (χ0v) is 12.7. The summed E-state index contributed by atoms with van der Waals surface area (Å²) in [6.45, 7) is 1.32. The summed E-state index contributed by atoms with van der Waals surface area (Å²) < 4.78 is 26.8. The van der Waals surface area contributed by atoms with Crippen LogP contribution in [0.5, 0.6) is 0 Å². The van der Waals surface area contributed by atoms with Gasteiger partial charge in [-0.05, 0) is 37.6 Å². The van der Waals surface area contributed by atoms with Crippen LogP contribution in [-0.4, -0.2) is 27.5 Å². The molecule has 1 unspecified atom stereocenters. The van der Waals surface area contributed by atoms with E-state index in [1.807, 2.05) is 0 Å². The maximum Gasteiger partial charge on any atom is 0.240 e. The number of halogens is 2. The molecule has 7 heteroatoms. The van der Waals surface area contributed by atoms with Gasteiger partial charge in [-0.15, -0.1) is 0 Å². The largest absolute Gasteiger partial charge is 0.313 e. The molecule has 1 saturated heterocycles. The van der Waals surface area contributed by atoms with Gasteiger partial charge in [0.15, 0.2) is 0 Å². The van der Waals surface area contributed by atoms with Gasteiger partial charge >= 0.3 is 0 Å². The summed E-state index contributed by atoms with van der Waals surface area (Å²) in [6.07, 6.45) is 3.26. The molecular formula is C12H16Cl2N2O2S. The van der Waals surface area contributed by atoms with Crippen LogP contribution in [0.3, 0.4) is 0 Å². The molecule has 1 fully saturated rings. The molecule has 0 spiro atoms. The van der Waals surface area contributed by atoms with E-state index in [0.29, 0.717) is 16.6 Å². The fourth-order valence-electron chi connectivity index (χ4n) is 2.08. The molecular weight excluding hydrogens is 307 g/mol. The lowest BCUT2D eigenvalue weighted by atomic mass is 10.1. The molecule has 1 atom stereocenters. The van der Waals surface area contributed by atoms with Gasteiger partial charge < -0.3 is 5.32 Å². The standard InChI is InChI=1S/C12H16Cl2N2O2S/c13-9-5-10(14)7-12(6-9)19(17,18)16-8-11-3-1-2-4-15-11/h5-7,11,15-16H,1-4,8H2. The Hall–Kier alpha value is -0.330. The summed E-state index contributed by atoms with van der Waals surface area (Å²) >= 11 is 11.6. The van der Waals surface area contributed by atoms with Crippen LogP contribution in [0.4, 0.5) is 0 Å². The lowest BCUT2D eigenvalue weighted by Gasteiger charge is -2.23. The Labute approximate surface area is 123 Å². The first-order valence-corrected chi connectivity index (χ1v) is 8.40. The second-order valence-corrected chi connectivity index (χ2v) is 7.24. The predicted molar refractivity (Wildman–Crippen MR) is 77.3 cm³/mol. The normalized spacial score (nSPS) is 20.4. The zero-order chi connectivity index (χ0) is 13.9. The van der Waals surface area contributed by atoms with Crippen LogP contribution in [0, 0.1) is 0 Å². The number of hydrogen-bond acceptors (Lipinski definition) is 3. The minimum atomic E-state index is -3.56. The third-order valence-electron chi connectivity index (χ3n) is 3.08.